The Bertz CT molecular complexity index is 555. The van der Waals surface area contributed by atoms with Gasteiger partial charge in [-0.2, -0.15) is 13.2 Å². The maximum Gasteiger partial charge on any atom is 0.416 e. The first kappa shape index (κ1) is 15.3. The van der Waals surface area contributed by atoms with E-state index in [1.54, 1.807) is 24.5 Å². The number of alkyl halides is 3. The molecular weight excluding hydrogens is 281 g/mol. The molecule has 3 nitrogen and oxygen atoms in total. The highest BCUT2D eigenvalue weighted by molar-refractivity contribution is 5.45. The molecule has 112 valence electrons. The summed E-state index contributed by atoms with van der Waals surface area (Å²) in [6, 6.07) is 10.9. The second kappa shape index (κ2) is 6.58. The zero-order chi connectivity index (χ0) is 15.3. The maximum absolute atomic E-state index is 12.2. The minimum atomic E-state index is -4.60. The lowest BCUT2D eigenvalue weighted by atomic mass is 10.1. The molecule has 0 aliphatic heterocycles. The minimum Gasteiger partial charge on any atom is -0.382 e. The molecule has 0 spiro atoms. The third-order valence-electron chi connectivity index (χ3n) is 2.99. The Morgan fingerprint density at radius 3 is 2.14 bits per heavy atom. The highest BCUT2D eigenvalue weighted by Crippen LogP contribution is 2.20. The fourth-order valence-electron chi connectivity index (χ4n) is 1.81. The quantitative estimate of drug-likeness (QED) is 0.891. The van der Waals surface area contributed by atoms with Crippen LogP contribution < -0.4 is 5.32 Å². The number of aromatic nitrogens is 1. The van der Waals surface area contributed by atoms with Gasteiger partial charge in [-0.3, -0.25) is 4.98 Å². The van der Waals surface area contributed by atoms with E-state index >= 15 is 0 Å². The van der Waals surface area contributed by atoms with E-state index in [1.165, 1.54) is 0 Å². The molecule has 1 aromatic heterocycles. The molecule has 2 aromatic rings. The Hall–Kier alpha value is -2.08. The van der Waals surface area contributed by atoms with Crippen LogP contribution in [-0.2, 0) is 6.42 Å². The molecule has 1 atom stereocenters. The lowest BCUT2D eigenvalue weighted by Crippen LogP contribution is -2.34. The number of hydrogen-bond acceptors (Lipinski definition) is 3. The van der Waals surface area contributed by atoms with Crippen LogP contribution in [-0.4, -0.2) is 28.9 Å². The maximum atomic E-state index is 12.2. The van der Waals surface area contributed by atoms with Crippen LogP contribution in [0.1, 0.15) is 11.1 Å². The zero-order valence-electron chi connectivity index (χ0n) is 11.1. The van der Waals surface area contributed by atoms with Gasteiger partial charge in [0.1, 0.15) is 0 Å². The smallest absolute Gasteiger partial charge is 0.382 e. The van der Waals surface area contributed by atoms with E-state index in [0.717, 1.165) is 17.5 Å². The Labute approximate surface area is 120 Å². The first-order valence-corrected chi connectivity index (χ1v) is 6.41. The van der Waals surface area contributed by atoms with Crippen molar-refractivity contribution in [2.24, 2.45) is 0 Å². The summed E-state index contributed by atoms with van der Waals surface area (Å²) in [5.74, 6) is 0. The fourth-order valence-corrected chi connectivity index (χ4v) is 1.81. The fraction of sp³-hybridized carbons (Fsp3) is 0.267. The summed E-state index contributed by atoms with van der Waals surface area (Å²) in [7, 11) is 0. The summed E-state index contributed by atoms with van der Waals surface area (Å²) in [5.41, 5.74) is 2.69. The number of nitrogens with one attached hydrogen (secondary N) is 1. The standard InChI is InChI=1S/C15H15F3N2O/c16-15(17,18)14(21)10-20-13-3-1-11(2-4-13)9-12-5-7-19-8-6-12/h1-8,14,20-21H,9-10H2/t14-/m0/s1. The number of hydrogen-bond donors (Lipinski definition) is 2. The zero-order valence-corrected chi connectivity index (χ0v) is 11.1. The molecule has 1 aromatic carbocycles. The molecule has 2 rings (SSSR count). The molecule has 0 saturated carbocycles. The molecule has 2 N–H and O–H groups in total. The van der Waals surface area contributed by atoms with Gasteiger partial charge in [0.15, 0.2) is 6.10 Å². The molecule has 0 amide bonds. The lowest BCUT2D eigenvalue weighted by molar-refractivity contribution is -0.198. The van der Waals surface area contributed by atoms with Crippen LogP contribution in [0.15, 0.2) is 48.8 Å². The Morgan fingerprint density at radius 1 is 1.00 bits per heavy atom. The van der Waals surface area contributed by atoms with Gasteiger partial charge in [0, 0.05) is 24.6 Å². The van der Waals surface area contributed by atoms with Crippen molar-refractivity contribution in [1.29, 1.82) is 0 Å². The van der Waals surface area contributed by atoms with Crippen molar-refractivity contribution in [3.05, 3.63) is 59.9 Å². The predicted octanol–water partition coefficient (Wildman–Crippen LogP) is 3.01. The van der Waals surface area contributed by atoms with Crippen LogP contribution in [0.2, 0.25) is 0 Å². The summed E-state index contributed by atoms with van der Waals surface area (Å²) >= 11 is 0. The highest BCUT2D eigenvalue weighted by atomic mass is 19.4. The van der Waals surface area contributed by atoms with E-state index in [1.807, 2.05) is 24.3 Å². The number of aliphatic hydroxyl groups is 1. The van der Waals surface area contributed by atoms with Gasteiger partial charge in [-0.1, -0.05) is 12.1 Å². The van der Waals surface area contributed by atoms with Gasteiger partial charge in [-0.05, 0) is 41.8 Å². The number of aliphatic hydroxyl groups excluding tert-OH is 1. The molecule has 0 unspecified atom stereocenters. The van der Waals surface area contributed by atoms with Crippen molar-refractivity contribution in [3.63, 3.8) is 0 Å². The van der Waals surface area contributed by atoms with Gasteiger partial charge in [-0.25, -0.2) is 0 Å². The summed E-state index contributed by atoms with van der Waals surface area (Å²) in [4.78, 5) is 3.94. The van der Waals surface area contributed by atoms with Crippen LogP contribution in [0.5, 0.6) is 0 Å². The summed E-state index contributed by atoms with van der Waals surface area (Å²) in [5, 5.41) is 11.5. The van der Waals surface area contributed by atoms with Crippen LogP contribution in [0.3, 0.4) is 0 Å². The number of nitrogens with zero attached hydrogens (tertiary/aromatic N) is 1. The van der Waals surface area contributed by atoms with Gasteiger partial charge in [0.05, 0.1) is 0 Å². The lowest BCUT2D eigenvalue weighted by Gasteiger charge is -2.15. The van der Waals surface area contributed by atoms with Gasteiger partial charge >= 0.3 is 6.18 Å². The molecule has 1 heterocycles. The third-order valence-corrected chi connectivity index (χ3v) is 2.99. The Kier molecular flexibility index (Phi) is 4.80. The van der Waals surface area contributed by atoms with Gasteiger partial charge < -0.3 is 10.4 Å². The number of anilines is 1. The van der Waals surface area contributed by atoms with E-state index in [4.69, 9.17) is 5.11 Å². The normalized spacial score (nSPS) is 13.0. The first-order chi connectivity index (χ1) is 9.95. The molecule has 0 radical (unpaired) electrons. The van der Waals surface area contributed by atoms with Crippen LogP contribution in [0.25, 0.3) is 0 Å². The molecule has 0 aliphatic rings. The SMILES string of the molecule is O[C@@H](CNc1ccc(Cc2ccncc2)cc1)C(F)(F)F. The molecule has 0 bridgehead atoms. The van der Waals surface area contributed by atoms with E-state index in [9.17, 15) is 13.2 Å². The van der Waals surface area contributed by atoms with Crippen molar-refractivity contribution in [2.75, 3.05) is 11.9 Å². The van der Waals surface area contributed by atoms with Crippen molar-refractivity contribution in [2.45, 2.75) is 18.7 Å². The average Bonchev–Trinajstić information content (AvgIpc) is 2.46. The number of rotatable bonds is 5. The van der Waals surface area contributed by atoms with Crippen LogP contribution in [0, 0.1) is 0 Å². The van der Waals surface area contributed by atoms with Crippen LogP contribution in [0.4, 0.5) is 18.9 Å². The van der Waals surface area contributed by atoms with Gasteiger partial charge in [0.2, 0.25) is 0 Å². The predicted molar refractivity (Wildman–Crippen MR) is 74.0 cm³/mol. The second-order valence-electron chi connectivity index (χ2n) is 4.67. The van der Waals surface area contributed by atoms with E-state index in [2.05, 4.69) is 10.3 Å². The van der Waals surface area contributed by atoms with E-state index < -0.39 is 18.8 Å². The molecular formula is C15H15F3N2O. The molecule has 0 fully saturated rings. The van der Waals surface area contributed by atoms with Gasteiger partial charge in [-0.15, -0.1) is 0 Å². The summed E-state index contributed by atoms with van der Waals surface area (Å²) in [6.07, 6.45) is -2.82. The molecule has 0 saturated heterocycles. The van der Waals surface area contributed by atoms with Gasteiger partial charge in [0.25, 0.3) is 0 Å². The third kappa shape index (κ3) is 4.75. The monoisotopic (exact) mass is 296 g/mol. The highest BCUT2D eigenvalue weighted by Gasteiger charge is 2.37. The first-order valence-electron chi connectivity index (χ1n) is 6.41. The largest absolute Gasteiger partial charge is 0.416 e. The summed E-state index contributed by atoms with van der Waals surface area (Å²) < 4.78 is 36.5. The van der Waals surface area contributed by atoms with E-state index in [-0.39, 0.29) is 0 Å². The van der Waals surface area contributed by atoms with Crippen LogP contribution >= 0.6 is 0 Å². The number of benzene rings is 1. The van der Waals surface area contributed by atoms with Crippen molar-refractivity contribution in [1.82, 2.24) is 4.98 Å². The van der Waals surface area contributed by atoms with Crippen molar-refractivity contribution < 1.29 is 18.3 Å². The average molecular weight is 296 g/mol. The number of pyridine rings is 1. The number of halogens is 3. The van der Waals surface area contributed by atoms with E-state index in [0.29, 0.717) is 5.69 Å². The van der Waals surface area contributed by atoms with Crippen molar-refractivity contribution in [3.8, 4) is 0 Å². The van der Waals surface area contributed by atoms with Crippen molar-refractivity contribution >= 4 is 5.69 Å². The molecule has 21 heavy (non-hydrogen) atoms. The second-order valence-corrected chi connectivity index (χ2v) is 4.67. The topological polar surface area (TPSA) is 45.1 Å². The molecule has 6 heteroatoms. The Morgan fingerprint density at radius 2 is 1.57 bits per heavy atom. The molecule has 0 aliphatic carbocycles. The minimum absolute atomic E-state index is 0.539. The Balaban J connectivity index is 1.90. The summed E-state index contributed by atoms with van der Waals surface area (Å²) in [6.45, 7) is -0.562.